The number of aryl methyl sites for hydroxylation is 1. The Balaban J connectivity index is 0.000000370. The highest BCUT2D eigenvalue weighted by Crippen LogP contribution is 2.54. The SMILES string of the molecule is CCCN(CCC(C)CC)C(=O)CN=C1CC2CC2/C1=C(/N)C(=O)OCC.Cc1cccc(C(F)(F)F)c1C. The van der Waals surface area contributed by atoms with Crippen molar-refractivity contribution >= 4 is 17.6 Å². The molecule has 1 amide bonds. The van der Waals surface area contributed by atoms with Crippen molar-refractivity contribution in [2.24, 2.45) is 28.5 Å². The zero-order chi connectivity index (χ0) is 29.3. The quantitative estimate of drug-likeness (QED) is 0.276. The average Bonchev–Trinajstić information content (AvgIpc) is 3.55. The Labute approximate surface area is 230 Å². The molecule has 0 bridgehead atoms. The van der Waals surface area contributed by atoms with Gasteiger partial charge in [-0.3, -0.25) is 9.79 Å². The van der Waals surface area contributed by atoms with Crippen molar-refractivity contribution in [3.63, 3.8) is 0 Å². The Morgan fingerprint density at radius 1 is 1.18 bits per heavy atom. The van der Waals surface area contributed by atoms with Crippen LogP contribution in [0.2, 0.25) is 0 Å². The van der Waals surface area contributed by atoms with Gasteiger partial charge in [-0.15, -0.1) is 0 Å². The number of carbonyl (C=O) groups is 2. The number of hydrogen-bond acceptors (Lipinski definition) is 5. The molecule has 0 aromatic heterocycles. The van der Waals surface area contributed by atoms with Gasteiger partial charge in [-0.2, -0.15) is 13.2 Å². The van der Waals surface area contributed by atoms with Crippen LogP contribution in [0.15, 0.2) is 34.5 Å². The Hall–Kier alpha value is -2.84. The van der Waals surface area contributed by atoms with Crippen molar-refractivity contribution in [3.8, 4) is 0 Å². The van der Waals surface area contributed by atoms with Gasteiger partial charge in [0, 0.05) is 24.4 Å². The summed E-state index contributed by atoms with van der Waals surface area (Å²) in [6.07, 6.45) is 0.724. The van der Waals surface area contributed by atoms with Crippen LogP contribution in [-0.4, -0.2) is 48.7 Å². The molecule has 2 N–H and O–H groups in total. The van der Waals surface area contributed by atoms with Gasteiger partial charge in [0.2, 0.25) is 5.91 Å². The number of ether oxygens (including phenoxy) is 1. The molecule has 0 heterocycles. The maximum atomic E-state index is 12.7. The number of nitrogens with two attached hydrogens (primary N) is 1. The Kier molecular flexibility index (Phi) is 12.1. The van der Waals surface area contributed by atoms with E-state index in [4.69, 9.17) is 10.5 Å². The molecule has 2 saturated carbocycles. The summed E-state index contributed by atoms with van der Waals surface area (Å²) in [5.41, 5.74) is 8.33. The zero-order valence-electron chi connectivity index (χ0n) is 24.2. The Bertz CT molecular complexity index is 1070. The van der Waals surface area contributed by atoms with Gasteiger partial charge in [-0.05, 0) is 81.4 Å². The Morgan fingerprint density at radius 2 is 1.87 bits per heavy atom. The number of amides is 1. The number of fused-ring (bicyclic) bond motifs is 1. The van der Waals surface area contributed by atoms with Crippen molar-refractivity contribution in [2.45, 2.75) is 79.8 Å². The molecule has 3 atom stereocenters. The van der Waals surface area contributed by atoms with Gasteiger partial charge in [0.15, 0.2) is 0 Å². The van der Waals surface area contributed by atoms with Crippen LogP contribution in [0.3, 0.4) is 0 Å². The fourth-order valence-corrected chi connectivity index (χ4v) is 4.76. The number of nitrogens with zero attached hydrogens (tertiary/aromatic N) is 2. The highest BCUT2D eigenvalue weighted by atomic mass is 19.4. The molecular weight excluding hydrogens is 507 g/mol. The van der Waals surface area contributed by atoms with Crippen LogP contribution in [0.5, 0.6) is 0 Å². The van der Waals surface area contributed by atoms with E-state index in [0.29, 0.717) is 35.5 Å². The third-order valence-electron chi connectivity index (χ3n) is 7.60. The molecule has 1 aromatic rings. The van der Waals surface area contributed by atoms with Gasteiger partial charge in [0.05, 0.1) is 12.2 Å². The summed E-state index contributed by atoms with van der Waals surface area (Å²) in [4.78, 5) is 31.2. The van der Waals surface area contributed by atoms with E-state index in [0.717, 1.165) is 62.5 Å². The molecule has 2 fully saturated rings. The number of allylic oxidation sites excluding steroid dienone is 1. The lowest BCUT2D eigenvalue weighted by molar-refractivity contribution is -0.139. The molecule has 218 valence electrons. The lowest BCUT2D eigenvalue weighted by Crippen LogP contribution is -2.35. The molecule has 0 radical (unpaired) electrons. The van der Waals surface area contributed by atoms with Crippen LogP contribution in [-0.2, 0) is 20.5 Å². The van der Waals surface area contributed by atoms with Gasteiger partial charge in [-0.1, -0.05) is 39.3 Å². The minimum atomic E-state index is -4.23. The van der Waals surface area contributed by atoms with Crippen LogP contribution in [0.1, 0.15) is 76.5 Å². The van der Waals surface area contributed by atoms with E-state index in [-0.39, 0.29) is 18.1 Å². The summed E-state index contributed by atoms with van der Waals surface area (Å²) in [5.74, 6) is 1.05. The predicted octanol–water partition coefficient (Wildman–Crippen LogP) is 6.24. The smallest absolute Gasteiger partial charge is 0.416 e. The number of aliphatic imine (C=N–C) groups is 1. The van der Waals surface area contributed by atoms with Crippen molar-refractivity contribution in [2.75, 3.05) is 26.2 Å². The number of rotatable bonds is 10. The van der Waals surface area contributed by atoms with E-state index in [1.54, 1.807) is 19.9 Å². The summed E-state index contributed by atoms with van der Waals surface area (Å²) < 4.78 is 41.7. The number of hydrogen-bond donors (Lipinski definition) is 1. The zero-order valence-corrected chi connectivity index (χ0v) is 24.2. The molecule has 0 aliphatic heterocycles. The van der Waals surface area contributed by atoms with Crippen LogP contribution in [0.4, 0.5) is 13.2 Å². The lowest BCUT2D eigenvalue weighted by Gasteiger charge is -2.23. The number of halogens is 3. The molecule has 2 aliphatic carbocycles. The van der Waals surface area contributed by atoms with E-state index in [9.17, 15) is 22.8 Å². The second-order valence-electron chi connectivity index (χ2n) is 10.5. The van der Waals surface area contributed by atoms with E-state index >= 15 is 0 Å². The first-order chi connectivity index (χ1) is 18.3. The van der Waals surface area contributed by atoms with E-state index < -0.39 is 17.7 Å². The third kappa shape index (κ3) is 9.11. The van der Waals surface area contributed by atoms with E-state index in [1.165, 1.54) is 13.0 Å². The molecule has 3 unspecified atom stereocenters. The fourth-order valence-electron chi connectivity index (χ4n) is 4.76. The summed E-state index contributed by atoms with van der Waals surface area (Å²) in [5, 5.41) is 0. The van der Waals surface area contributed by atoms with Crippen LogP contribution in [0, 0.1) is 31.6 Å². The lowest BCUT2D eigenvalue weighted by atomic mass is 10.0. The molecule has 1 aromatic carbocycles. The van der Waals surface area contributed by atoms with Crippen molar-refractivity contribution < 1.29 is 27.5 Å². The first-order valence-electron chi connectivity index (χ1n) is 14.0. The largest absolute Gasteiger partial charge is 0.461 e. The van der Waals surface area contributed by atoms with Gasteiger partial charge in [-0.25, -0.2) is 4.79 Å². The molecular formula is C30H44F3N3O3. The van der Waals surface area contributed by atoms with E-state index in [2.05, 4.69) is 25.8 Å². The van der Waals surface area contributed by atoms with Crippen molar-refractivity contribution in [1.29, 1.82) is 0 Å². The summed E-state index contributed by atoms with van der Waals surface area (Å²) in [7, 11) is 0. The number of benzene rings is 1. The van der Waals surface area contributed by atoms with Crippen molar-refractivity contribution in [3.05, 3.63) is 46.2 Å². The molecule has 2 aliphatic rings. The maximum absolute atomic E-state index is 12.7. The van der Waals surface area contributed by atoms with E-state index in [1.807, 2.05) is 4.90 Å². The average molecular weight is 552 g/mol. The highest BCUT2D eigenvalue weighted by Gasteiger charge is 2.50. The molecule has 0 spiro atoms. The van der Waals surface area contributed by atoms with Crippen LogP contribution < -0.4 is 5.73 Å². The Morgan fingerprint density at radius 3 is 2.44 bits per heavy atom. The first-order valence-corrected chi connectivity index (χ1v) is 14.0. The molecule has 3 rings (SSSR count). The predicted molar refractivity (Wildman–Crippen MR) is 148 cm³/mol. The second-order valence-corrected chi connectivity index (χ2v) is 10.5. The van der Waals surface area contributed by atoms with Crippen LogP contribution in [0.25, 0.3) is 0 Å². The molecule has 39 heavy (non-hydrogen) atoms. The highest BCUT2D eigenvalue weighted by molar-refractivity contribution is 6.10. The minimum Gasteiger partial charge on any atom is -0.461 e. The van der Waals surface area contributed by atoms with Crippen molar-refractivity contribution in [1.82, 2.24) is 4.90 Å². The van der Waals surface area contributed by atoms with Crippen LogP contribution >= 0.6 is 0 Å². The maximum Gasteiger partial charge on any atom is 0.416 e. The summed E-state index contributed by atoms with van der Waals surface area (Å²) in [6, 6.07) is 4.19. The summed E-state index contributed by atoms with van der Waals surface area (Å²) >= 11 is 0. The monoisotopic (exact) mass is 551 g/mol. The van der Waals surface area contributed by atoms with Gasteiger partial charge in [0.25, 0.3) is 0 Å². The first kappa shape index (κ1) is 32.4. The number of carbonyl (C=O) groups excluding carboxylic acids is 2. The topological polar surface area (TPSA) is 85.0 Å². The molecule has 9 heteroatoms. The normalized spacial score (nSPS) is 21.0. The molecule has 0 saturated heterocycles. The summed E-state index contributed by atoms with van der Waals surface area (Å²) in [6.45, 7) is 13.4. The minimum absolute atomic E-state index is 0.0577. The fraction of sp³-hybridized carbons (Fsp3) is 0.633. The second kappa shape index (κ2) is 14.5. The number of alkyl halides is 3. The van der Waals surface area contributed by atoms with Gasteiger partial charge < -0.3 is 15.4 Å². The standard InChI is InChI=1S/C21H35N3O3.C9H9F3/c1-5-9-24(10-8-14(4)6-2)18(25)13-23-17-12-15-11-16(15)19(17)20(22)21(26)27-7-3;1-6-4-3-5-8(7(6)2)9(10,11)12/h14-16H,5-13,22H2,1-4H3;3-5H,1-2H3/b20-19-,23-17?;. The molecule has 6 nitrogen and oxygen atoms in total. The van der Waals surface area contributed by atoms with Gasteiger partial charge >= 0.3 is 12.1 Å². The number of esters is 1. The third-order valence-corrected chi connectivity index (χ3v) is 7.60. The van der Waals surface area contributed by atoms with Gasteiger partial charge in [0.1, 0.15) is 12.2 Å².